The molecule has 0 unspecified atom stereocenters. The molecule has 0 aliphatic carbocycles. The summed E-state index contributed by atoms with van der Waals surface area (Å²) in [5.41, 5.74) is 6.94. The largest absolute Gasteiger partial charge is 0.352 e. The summed E-state index contributed by atoms with van der Waals surface area (Å²) in [4.78, 5) is 13.2. The van der Waals surface area contributed by atoms with Crippen LogP contribution in [0.25, 0.3) is 44.9 Å². The molecule has 0 fully saturated rings. The minimum atomic E-state index is -1.29. The van der Waals surface area contributed by atoms with E-state index in [9.17, 15) is 0 Å². The van der Waals surface area contributed by atoms with Gasteiger partial charge in [-0.05, 0) is 11.3 Å². The summed E-state index contributed by atoms with van der Waals surface area (Å²) < 4.78 is 0. The quantitative estimate of drug-likeness (QED) is 0.133. The molecule has 0 amide bonds. The number of nitrogens with zero attached hydrogens (tertiary/aromatic N) is 3. The van der Waals surface area contributed by atoms with Gasteiger partial charge in [0.2, 0.25) is 0 Å². The molecule has 6 aromatic rings. The van der Waals surface area contributed by atoms with Crippen molar-refractivity contribution in [1.82, 2.24) is 15.0 Å². The van der Waals surface area contributed by atoms with Crippen LogP contribution < -0.4 is 5.19 Å². The third-order valence-electron chi connectivity index (χ3n) is 6.30. The van der Waals surface area contributed by atoms with E-state index in [0.29, 0.717) is 0 Å². The van der Waals surface area contributed by atoms with Crippen molar-refractivity contribution >= 4 is 21.7 Å². The van der Waals surface area contributed by atoms with Gasteiger partial charge in [-0.2, -0.15) is 5.56 Å². The molecular formula is C36H29BIrN3SiY-4. The average molecular weight is 824 g/mol. The molecule has 0 atom stereocenters. The maximum absolute atomic E-state index is 4.41. The molecule has 7 heteroatoms. The molecule has 2 aromatic heterocycles. The van der Waals surface area contributed by atoms with Crippen molar-refractivity contribution in [2.75, 3.05) is 0 Å². The zero-order valence-corrected chi connectivity index (χ0v) is 30.6. The van der Waals surface area contributed by atoms with E-state index >= 15 is 0 Å². The Morgan fingerprint density at radius 1 is 0.581 bits per heavy atom. The van der Waals surface area contributed by atoms with Crippen LogP contribution in [0, 0.1) is 24.3 Å². The normalized spacial score (nSPS) is 10.1. The van der Waals surface area contributed by atoms with Crippen molar-refractivity contribution < 1.29 is 52.8 Å². The number of hydrogen-bond donors (Lipinski definition) is 0. The second kappa shape index (κ2) is 17.4. The van der Waals surface area contributed by atoms with Gasteiger partial charge in [0, 0.05) is 79.8 Å². The first kappa shape index (κ1) is 36.3. The van der Waals surface area contributed by atoms with E-state index in [4.69, 9.17) is 0 Å². The Bertz CT molecular complexity index is 1580. The molecule has 43 heavy (non-hydrogen) atoms. The molecule has 3 nitrogen and oxygen atoms in total. The van der Waals surface area contributed by atoms with Crippen LogP contribution in [0.5, 0.6) is 0 Å². The summed E-state index contributed by atoms with van der Waals surface area (Å²) in [6.07, 6.45) is 5.69. The van der Waals surface area contributed by atoms with E-state index in [1.54, 1.807) is 6.20 Å². The zero-order valence-electron chi connectivity index (χ0n) is 24.4. The Morgan fingerprint density at radius 3 is 1.88 bits per heavy atom. The summed E-state index contributed by atoms with van der Waals surface area (Å²) >= 11 is 0. The molecule has 0 aliphatic rings. The summed E-state index contributed by atoms with van der Waals surface area (Å²) in [7, 11) is -1.29. The Balaban J connectivity index is 0.000000301. The number of hydrogen-bond acceptors (Lipinski definition) is 3. The van der Waals surface area contributed by atoms with E-state index < -0.39 is 8.07 Å². The maximum atomic E-state index is 4.41. The van der Waals surface area contributed by atoms with Gasteiger partial charge in [0.15, 0.2) is 0 Å². The molecule has 0 saturated carbocycles. The van der Waals surface area contributed by atoms with Gasteiger partial charge in [0.1, 0.15) is 0 Å². The van der Waals surface area contributed by atoms with Crippen LogP contribution in [-0.4, -0.2) is 31.4 Å². The van der Waals surface area contributed by atoms with Gasteiger partial charge in [0.05, 0.1) is 13.9 Å². The monoisotopic (exact) mass is 824 g/mol. The maximum Gasteiger partial charge on any atom is 0.0815 e. The summed E-state index contributed by atoms with van der Waals surface area (Å²) in [6, 6.07) is 47.3. The van der Waals surface area contributed by atoms with Crippen molar-refractivity contribution in [3.63, 3.8) is 0 Å². The first-order chi connectivity index (χ1) is 19.5. The van der Waals surface area contributed by atoms with Gasteiger partial charge in [-0.25, -0.2) is 6.07 Å². The van der Waals surface area contributed by atoms with Crippen LogP contribution >= 0.6 is 0 Å². The Morgan fingerprint density at radius 2 is 1.23 bits per heavy atom. The van der Waals surface area contributed by atoms with Gasteiger partial charge >= 0.3 is 0 Å². The molecular weight excluding hydrogens is 794 g/mol. The topological polar surface area (TPSA) is 38.7 Å². The fourth-order valence-electron chi connectivity index (χ4n) is 4.03. The van der Waals surface area contributed by atoms with Crippen molar-refractivity contribution in [2.45, 2.75) is 19.6 Å². The van der Waals surface area contributed by atoms with E-state index in [0.717, 1.165) is 44.9 Å². The molecule has 5 radical (unpaired) electrons. The first-order valence-electron chi connectivity index (χ1n) is 13.2. The smallest absolute Gasteiger partial charge is 0.0815 e. The molecule has 0 bridgehead atoms. The van der Waals surface area contributed by atoms with Crippen LogP contribution in [0.4, 0.5) is 0 Å². The molecule has 211 valence electrons. The SMILES string of the molecule is C[Si](C)(C)c1cnc(-c2[c-]cccc2)nc1.[B].[Ir].[Y].[c-]1ccc(-c2[c-]c(-c3ccccc3)ccc2)[c-]c1-c1ccccn1. The first-order valence-corrected chi connectivity index (χ1v) is 16.7. The predicted octanol–water partition coefficient (Wildman–Crippen LogP) is 7.59. The molecule has 2 heterocycles. The zero-order chi connectivity index (χ0) is 27.8. The summed E-state index contributed by atoms with van der Waals surface area (Å²) in [5.74, 6) is 0.752. The molecule has 0 saturated heterocycles. The minimum absolute atomic E-state index is 0. The van der Waals surface area contributed by atoms with Crippen molar-refractivity contribution in [3.05, 3.63) is 146 Å². The summed E-state index contributed by atoms with van der Waals surface area (Å²) in [6.45, 7) is 6.88. The summed E-state index contributed by atoms with van der Waals surface area (Å²) in [5, 5.41) is 1.28. The van der Waals surface area contributed by atoms with Crippen LogP contribution in [0.3, 0.4) is 0 Å². The van der Waals surface area contributed by atoms with Gasteiger partial charge in [-0.15, -0.1) is 71.8 Å². The van der Waals surface area contributed by atoms with Crippen LogP contribution in [0.15, 0.2) is 122 Å². The minimum Gasteiger partial charge on any atom is -0.352 e. The van der Waals surface area contributed by atoms with Gasteiger partial charge < -0.3 is 11.1 Å². The van der Waals surface area contributed by atoms with Crippen molar-refractivity contribution in [1.29, 1.82) is 0 Å². The second-order valence-corrected chi connectivity index (χ2v) is 15.3. The van der Waals surface area contributed by atoms with Crippen LogP contribution in [0.1, 0.15) is 0 Å². The van der Waals surface area contributed by atoms with Crippen LogP contribution in [0.2, 0.25) is 19.6 Å². The molecule has 0 aliphatic heterocycles. The van der Waals surface area contributed by atoms with Crippen LogP contribution in [-0.2, 0) is 52.8 Å². The van der Waals surface area contributed by atoms with E-state index in [1.807, 2.05) is 85.2 Å². The Kier molecular flexibility index (Phi) is 14.7. The van der Waals surface area contributed by atoms with Crippen molar-refractivity contribution in [2.24, 2.45) is 0 Å². The van der Waals surface area contributed by atoms with Gasteiger partial charge in [0.25, 0.3) is 0 Å². The van der Waals surface area contributed by atoms with E-state index in [1.165, 1.54) is 5.19 Å². The number of pyridine rings is 1. The third-order valence-corrected chi connectivity index (χ3v) is 8.29. The molecule has 0 N–H and O–H groups in total. The van der Waals surface area contributed by atoms with E-state index in [-0.39, 0.29) is 61.2 Å². The van der Waals surface area contributed by atoms with Gasteiger partial charge in [-0.1, -0.05) is 67.3 Å². The Hall–Kier alpha value is -2.85. The number of aromatic nitrogens is 3. The Labute approximate surface area is 297 Å². The third kappa shape index (κ3) is 10.1. The number of rotatable bonds is 5. The molecule has 4 aromatic carbocycles. The number of benzene rings is 4. The average Bonchev–Trinajstić information content (AvgIpc) is 3.02. The van der Waals surface area contributed by atoms with E-state index in [2.05, 4.69) is 89.2 Å². The standard InChI is InChI=1S/C23H14N.C13H15N2Si.B.Ir.Y/c1-2-8-18(9-3-1)19-10-6-11-20(16-19)21-12-7-13-22(17-21)23-14-4-5-15-24-23;1-16(2,3)12-9-14-13(15-10-12)11-7-5-4-6-8-11;;;/h1-12,14-15H;4-7,9-10H,1-3H3;;;/q-3;-1;;;. The molecule has 6 rings (SSSR count). The predicted molar refractivity (Wildman–Crippen MR) is 172 cm³/mol. The molecule has 0 spiro atoms. The fourth-order valence-corrected chi connectivity index (χ4v) is 4.93. The van der Waals surface area contributed by atoms with Gasteiger partial charge in [-0.3, -0.25) is 33.2 Å². The second-order valence-electron chi connectivity index (χ2n) is 10.3. The van der Waals surface area contributed by atoms with Crippen molar-refractivity contribution in [3.8, 4) is 44.9 Å². The fraction of sp³-hybridized carbons (Fsp3) is 0.0833.